The van der Waals surface area contributed by atoms with Crippen molar-refractivity contribution in [3.8, 4) is 5.95 Å². The molecule has 1 aromatic heterocycles. The van der Waals surface area contributed by atoms with Gasteiger partial charge in [0.1, 0.15) is 0 Å². The van der Waals surface area contributed by atoms with Crippen LogP contribution in [0.5, 0.6) is 5.95 Å². The molecule has 136 valence electrons. The highest BCUT2D eigenvalue weighted by Gasteiger charge is 2.09. The van der Waals surface area contributed by atoms with Gasteiger partial charge in [0.2, 0.25) is 5.89 Å². The van der Waals surface area contributed by atoms with Crippen LogP contribution in [0.1, 0.15) is 22.7 Å². The first-order valence-electron chi connectivity index (χ1n) is 7.85. The number of hydrogen-bond acceptors (Lipinski definition) is 6. The van der Waals surface area contributed by atoms with Crippen molar-refractivity contribution in [2.75, 3.05) is 0 Å². The fourth-order valence-electron chi connectivity index (χ4n) is 2.27. The van der Waals surface area contributed by atoms with Crippen molar-refractivity contribution in [2.24, 2.45) is 4.99 Å². The maximum Gasteiger partial charge on any atom is 0.312 e. The van der Waals surface area contributed by atoms with E-state index >= 15 is 0 Å². The number of aliphatic imine (C=N–C) groups is 1. The van der Waals surface area contributed by atoms with Crippen LogP contribution in [-0.4, -0.2) is 21.2 Å². The molecule has 3 rings (SSSR count). The number of aromatic hydroxyl groups is 1. The van der Waals surface area contributed by atoms with Gasteiger partial charge < -0.3 is 9.52 Å². The van der Waals surface area contributed by atoms with Crippen LogP contribution in [-0.2, 0) is 0 Å². The summed E-state index contributed by atoms with van der Waals surface area (Å²) in [6, 6.07) is 11.4. The van der Waals surface area contributed by atoms with Gasteiger partial charge in [-0.1, -0.05) is 29.8 Å². The fraction of sp³-hybridized carbons (Fsp3) is 0.0526. The summed E-state index contributed by atoms with van der Waals surface area (Å²) in [5.41, 5.74) is 2.21. The number of oxazole rings is 1. The van der Waals surface area contributed by atoms with Gasteiger partial charge in [-0.05, 0) is 36.3 Å². The lowest BCUT2D eigenvalue weighted by molar-refractivity contribution is -0.384. The summed E-state index contributed by atoms with van der Waals surface area (Å²) < 4.78 is 5.16. The highest BCUT2D eigenvalue weighted by molar-refractivity contribution is 6.31. The minimum atomic E-state index is -0.472. The second-order valence-electron chi connectivity index (χ2n) is 5.57. The van der Waals surface area contributed by atoms with Gasteiger partial charge >= 0.3 is 5.95 Å². The Labute approximate surface area is 159 Å². The third-order valence-electron chi connectivity index (χ3n) is 3.72. The van der Waals surface area contributed by atoms with Gasteiger partial charge in [0.15, 0.2) is 5.69 Å². The molecule has 0 aliphatic rings. The van der Waals surface area contributed by atoms with Gasteiger partial charge in [0.25, 0.3) is 5.69 Å². The van der Waals surface area contributed by atoms with Crippen molar-refractivity contribution >= 4 is 41.3 Å². The average molecular weight is 384 g/mol. The zero-order valence-electron chi connectivity index (χ0n) is 14.2. The lowest BCUT2D eigenvalue weighted by Gasteiger charge is -2.00. The molecule has 0 amide bonds. The van der Waals surface area contributed by atoms with Crippen LogP contribution in [0.3, 0.4) is 0 Å². The molecule has 27 heavy (non-hydrogen) atoms. The quantitative estimate of drug-likeness (QED) is 0.372. The van der Waals surface area contributed by atoms with Crippen LogP contribution in [0.15, 0.2) is 51.9 Å². The summed E-state index contributed by atoms with van der Waals surface area (Å²) in [6.45, 7) is 1.84. The van der Waals surface area contributed by atoms with Crippen LogP contribution < -0.4 is 0 Å². The number of rotatable bonds is 5. The van der Waals surface area contributed by atoms with E-state index in [0.29, 0.717) is 16.3 Å². The molecular weight excluding hydrogens is 370 g/mol. The second-order valence-corrected chi connectivity index (χ2v) is 5.98. The number of benzene rings is 2. The van der Waals surface area contributed by atoms with Crippen molar-refractivity contribution in [1.82, 2.24) is 4.98 Å². The van der Waals surface area contributed by atoms with Crippen LogP contribution >= 0.6 is 11.6 Å². The molecule has 0 radical (unpaired) electrons. The van der Waals surface area contributed by atoms with Crippen molar-refractivity contribution in [1.29, 1.82) is 0 Å². The molecule has 2 aromatic carbocycles. The maximum absolute atomic E-state index is 10.8. The number of nitro groups is 1. The van der Waals surface area contributed by atoms with E-state index in [1.807, 2.05) is 6.92 Å². The predicted octanol–water partition coefficient (Wildman–Crippen LogP) is 5.17. The molecule has 8 heteroatoms. The number of hydrogen-bond donors (Lipinski definition) is 1. The summed E-state index contributed by atoms with van der Waals surface area (Å²) in [4.78, 5) is 18.7. The molecular formula is C19H14ClN3O4. The van der Waals surface area contributed by atoms with Crippen molar-refractivity contribution in [3.63, 3.8) is 0 Å². The number of nitrogens with zero attached hydrogens (tertiary/aromatic N) is 3. The Bertz CT molecular complexity index is 1060. The standard InChI is InChI=1S/C19H14ClN3O4/c1-12-15(20)6-3-7-16(12)21-11-17-19(24)27-18(22-17)9-8-13-4-2-5-14(10-13)23(25)26/h2-11,24H,1H3/b9-8+,21-11?. The van der Waals surface area contributed by atoms with Crippen LogP contribution in [0.25, 0.3) is 12.2 Å². The third kappa shape index (κ3) is 4.39. The molecule has 0 aliphatic heterocycles. The Morgan fingerprint density at radius 2 is 2.04 bits per heavy atom. The summed E-state index contributed by atoms with van der Waals surface area (Å²) in [5, 5.41) is 21.3. The predicted molar refractivity (Wildman–Crippen MR) is 104 cm³/mol. The van der Waals surface area contributed by atoms with E-state index in [0.717, 1.165) is 5.56 Å². The molecule has 0 atom stereocenters. The van der Waals surface area contributed by atoms with E-state index in [-0.39, 0.29) is 23.2 Å². The summed E-state index contributed by atoms with van der Waals surface area (Å²) in [5.74, 6) is -0.236. The topological polar surface area (TPSA) is 102 Å². The molecule has 0 aliphatic carbocycles. The van der Waals surface area contributed by atoms with E-state index in [4.69, 9.17) is 16.0 Å². The maximum atomic E-state index is 10.8. The molecule has 1 N–H and O–H groups in total. The first kappa shape index (κ1) is 18.3. The Hall–Kier alpha value is -3.45. The molecule has 0 unspecified atom stereocenters. The van der Waals surface area contributed by atoms with Crippen molar-refractivity contribution < 1.29 is 14.4 Å². The first-order chi connectivity index (χ1) is 12.9. The molecule has 3 aromatic rings. The minimum Gasteiger partial charge on any atom is -0.479 e. The first-order valence-corrected chi connectivity index (χ1v) is 8.23. The normalized spacial score (nSPS) is 11.5. The van der Waals surface area contributed by atoms with Crippen LogP contribution in [0.4, 0.5) is 11.4 Å². The molecule has 0 spiro atoms. The van der Waals surface area contributed by atoms with Gasteiger partial charge in [-0.25, -0.2) is 4.98 Å². The number of nitro benzene ring substituents is 1. The van der Waals surface area contributed by atoms with Crippen molar-refractivity contribution in [3.05, 3.63) is 80.3 Å². The number of non-ortho nitro benzene ring substituents is 1. The Morgan fingerprint density at radius 1 is 1.26 bits per heavy atom. The zero-order valence-corrected chi connectivity index (χ0v) is 14.9. The van der Waals surface area contributed by atoms with E-state index in [1.54, 1.807) is 36.4 Å². The highest BCUT2D eigenvalue weighted by atomic mass is 35.5. The van der Waals surface area contributed by atoms with Crippen LogP contribution in [0.2, 0.25) is 5.02 Å². The van der Waals surface area contributed by atoms with Gasteiger partial charge in [-0.3, -0.25) is 15.1 Å². The monoisotopic (exact) mass is 383 g/mol. The summed E-state index contributed by atoms with van der Waals surface area (Å²) >= 11 is 6.05. The smallest absolute Gasteiger partial charge is 0.312 e. The van der Waals surface area contributed by atoms with Gasteiger partial charge in [0, 0.05) is 23.2 Å². The van der Waals surface area contributed by atoms with Gasteiger partial charge in [0.05, 0.1) is 16.8 Å². The molecule has 0 saturated heterocycles. The molecule has 0 bridgehead atoms. The second kappa shape index (κ2) is 7.84. The lowest BCUT2D eigenvalue weighted by atomic mass is 10.2. The fourth-order valence-corrected chi connectivity index (χ4v) is 2.44. The van der Waals surface area contributed by atoms with E-state index in [2.05, 4.69) is 9.98 Å². The zero-order chi connectivity index (χ0) is 19.4. The highest BCUT2D eigenvalue weighted by Crippen LogP contribution is 2.26. The van der Waals surface area contributed by atoms with E-state index in [9.17, 15) is 15.2 Å². The Kier molecular flexibility index (Phi) is 5.33. The van der Waals surface area contributed by atoms with Crippen LogP contribution in [0, 0.1) is 17.0 Å². The molecule has 0 saturated carbocycles. The molecule has 1 heterocycles. The average Bonchev–Trinajstić information content (AvgIpc) is 3.01. The third-order valence-corrected chi connectivity index (χ3v) is 4.12. The minimum absolute atomic E-state index is 0.0166. The van der Waals surface area contributed by atoms with E-state index < -0.39 is 4.92 Å². The lowest BCUT2D eigenvalue weighted by Crippen LogP contribution is -1.87. The Morgan fingerprint density at radius 3 is 2.81 bits per heavy atom. The largest absolute Gasteiger partial charge is 0.479 e. The summed E-state index contributed by atoms with van der Waals surface area (Å²) in [6.07, 6.45) is 4.48. The van der Waals surface area contributed by atoms with Gasteiger partial charge in [-0.15, -0.1) is 0 Å². The molecule has 0 fully saturated rings. The van der Waals surface area contributed by atoms with Crippen molar-refractivity contribution in [2.45, 2.75) is 6.92 Å². The van der Waals surface area contributed by atoms with E-state index in [1.165, 1.54) is 24.4 Å². The SMILES string of the molecule is Cc1c(Cl)cccc1N=Cc1nc(/C=C/c2cccc([N+](=O)[O-])c2)oc1O. The van der Waals surface area contributed by atoms with Gasteiger partial charge in [-0.2, -0.15) is 0 Å². The Balaban J connectivity index is 1.80. The number of aromatic nitrogens is 1. The summed E-state index contributed by atoms with van der Waals surface area (Å²) in [7, 11) is 0. The molecule has 7 nitrogen and oxygen atoms in total. The number of halogens is 1.